The largest absolute Gasteiger partial charge is 0.479 e. The second-order valence-corrected chi connectivity index (χ2v) is 6.57. The number of aliphatic carboxylic acids is 1. The van der Waals surface area contributed by atoms with Crippen LogP contribution in [0, 0.1) is 6.92 Å². The predicted octanol–water partition coefficient (Wildman–Crippen LogP) is 2.37. The molecule has 0 radical (unpaired) electrons. The third-order valence-corrected chi connectivity index (χ3v) is 4.73. The Balaban J connectivity index is 1.85. The minimum atomic E-state index is -0.929. The minimum absolute atomic E-state index is 0.104. The molecule has 1 aliphatic heterocycles. The van der Waals surface area contributed by atoms with Crippen molar-refractivity contribution in [2.75, 3.05) is 6.54 Å². The lowest BCUT2D eigenvalue weighted by Gasteiger charge is -2.11. The quantitative estimate of drug-likeness (QED) is 0.845. The number of carboxylic acids is 1. The van der Waals surface area contributed by atoms with Gasteiger partial charge in [0.15, 0.2) is 6.10 Å². The first-order chi connectivity index (χ1) is 10.0. The molecule has 116 valence electrons. The molecule has 0 aromatic carbocycles. The Morgan fingerprint density at radius 3 is 2.86 bits per heavy atom. The molecule has 5 nitrogen and oxygen atoms in total. The molecule has 1 amide bonds. The van der Waals surface area contributed by atoms with E-state index in [-0.39, 0.29) is 12.0 Å². The number of carboxylic acid groups (broad SMARTS) is 1. The van der Waals surface area contributed by atoms with Crippen molar-refractivity contribution in [2.24, 2.45) is 0 Å². The topological polar surface area (TPSA) is 75.6 Å². The summed E-state index contributed by atoms with van der Waals surface area (Å²) in [5, 5.41) is 11.7. The van der Waals surface area contributed by atoms with E-state index in [1.54, 1.807) is 0 Å². The van der Waals surface area contributed by atoms with Crippen LogP contribution >= 0.6 is 11.3 Å². The molecule has 2 heterocycles. The molecule has 0 spiro atoms. The van der Waals surface area contributed by atoms with E-state index >= 15 is 0 Å². The van der Waals surface area contributed by atoms with Crippen molar-refractivity contribution in [2.45, 2.75) is 51.7 Å². The van der Waals surface area contributed by atoms with E-state index in [4.69, 9.17) is 9.84 Å². The summed E-state index contributed by atoms with van der Waals surface area (Å²) >= 11 is 1.50. The van der Waals surface area contributed by atoms with E-state index in [0.29, 0.717) is 24.3 Å². The maximum atomic E-state index is 12.1. The third-order valence-electron chi connectivity index (χ3n) is 3.64. The van der Waals surface area contributed by atoms with E-state index in [1.807, 2.05) is 13.0 Å². The lowest BCUT2D eigenvalue weighted by Crippen LogP contribution is -2.32. The van der Waals surface area contributed by atoms with Crippen molar-refractivity contribution in [3.8, 4) is 0 Å². The molecule has 6 heteroatoms. The molecule has 1 aliphatic rings. The van der Waals surface area contributed by atoms with Crippen molar-refractivity contribution in [3.63, 3.8) is 0 Å². The van der Waals surface area contributed by atoms with Crippen LogP contribution in [0.5, 0.6) is 0 Å². The molecule has 1 fully saturated rings. The maximum absolute atomic E-state index is 12.1. The summed E-state index contributed by atoms with van der Waals surface area (Å²) in [7, 11) is 0. The smallest absolute Gasteiger partial charge is 0.332 e. The van der Waals surface area contributed by atoms with Gasteiger partial charge in [-0.3, -0.25) is 4.79 Å². The van der Waals surface area contributed by atoms with Crippen molar-refractivity contribution in [1.29, 1.82) is 0 Å². The van der Waals surface area contributed by atoms with Crippen LogP contribution in [0.2, 0.25) is 0 Å². The number of amides is 1. The number of hydrogen-bond donors (Lipinski definition) is 2. The molecule has 0 aliphatic carbocycles. The molecule has 0 saturated carbocycles. The molecule has 1 aromatic heterocycles. The lowest BCUT2D eigenvalue weighted by molar-refractivity contribution is -0.149. The zero-order chi connectivity index (χ0) is 15.4. The Morgan fingerprint density at radius 2 is 2.24 bits per heavy atom. The minimum Gasteiger partial charge on any atom is -0.479 e. The second-order valence-electron chi connectivity index (χ2n) is 5.31. The van der Waals surface area contributed by atoms with E-state index in [1.165, 1.54) is 21.8 Å². The number of nitrogens with one attached hydrogen (secondary N) is 1. The Bertz CT molecular complexity index is 526. The lowest BCUT2D eigenvalue weighted by atomic mass is 10.1. The summed E-state index contributed by atoms with van der Waals surface area (Å²) in [6.07, 6.45) is 2.29. The number of carbonyl (C=O) groups is 2. The van der Waals surface area contributed by atoms with Crippen LogP contribution in [-0.4, -0.2) is 35.7 Å². The van der Waals surface area contributed by atoms with E-state index in [9.17, 15) is 9.59 Å². The SMILES string of the molecule is CCCc1cc(C(=O)NCC2CCC(C(=O)O)O2)sc1C. The fraction of sp³-hybridized carbons (Fsp3) is 0.600. The molecule has 2 rings (SSSR count). The Kier molecular flexibility index (Phi) is 5.36. The zero-order valence-corrected chi connectivity index (χ0v) is 13.2. The number of aryl methyl sites for hydroxylation is 2. The molecule has 2 atom stereocenters. The van der Waals surface area contributed by atoms with Gasteiger partial charge in [0.2, 0.25) is 0 Å². The highest BCUT2D eigenvalue weighted by molar-refractivity contribution is 7.14. The van der Waals surface area contributed by atoms with E-state index < -0.39 is 12.1 Å². The summed E-state index contributed by atoms with van der Waals surface area (Å²) in [6.45, 7) is 4.51. The average molecular weight is 311 g/mol. The van der Waals surface area contributed by atoms with Crippen LogP contribution in [-0.2, 0) is 16.0 Å². The average Bonchev–Trinajstić information content (AvgIpc) is 3.04. The zero-order valence-electron chi connectivity index (χ0n) is 12.3. The molecule has 1 aromatic rings. The Labute approximate surface area is 128 Å². The first-order valence-corrected chi connectivity index (χ1v) is 8.08. The summed E-state index contributed by atoms with van der Waals surface area (Å²) in [5.41, 5.74) is 1.23. The Morgan fingerprint density at radius 1 is 1.48 bits per heavy atom. The molecular formula is C15H21NO4S. The first kappa shape index (κ1) is 16.0. The summed E-state index contributed by atoms with van der Waals surface area (Å²) in [4.78, 5) is 24.8. The van der Waals surface area contributed by atoms with Gasteiger partial charge in [-0.05, 0) is 37.8 Å². The maximum Gasteiger partial charge on any atom is 0.332 e. The number of carbonyl (C=O) groups excluding carboxylic acids is 1. The highest BCUT2D eigenvalue weighted by atomic mass is 32.1. The van der Waals surface area contributed by atoms with Gasteiger partial charge in [0.25, 0.3) is 5.91 Å². The third kappa shape index (κ3) is 4.04. The van der Waals surface area contributed by atoms with Gasteiger partial charge >= 0.3 is 5.97 Å². The number of thiophene rings is 1. The number of rotatable bonds is 6. The van der Waals surface area contributed by atoms with Crippen molar-refractivity contribution < 1.29 is 19.4 Å². The fourth-order valence-corrected chi connectivity index (χ4v) is 3.47. The molecule has 1 saturated heterocycles. The summed E-state index contributed by atoms with van der Waals surface area (Å²) in [6, 6.07) is 1.95. The molecule has 0 bridgehead atoms. The van der Waals surface area contributed by atoms with Crippen LogP contribution in [0.1, 0.15) is 46.3 Å². The van der Waals surface area contributed by atoms with Crippen LogP contribution in [0.15, 0.2) is 6.07 Å². The van der Waals surface area contributed by atoms with Crippen LogP contribution in [0.25, 0.3) is 0 Å². The van der Waals surface area contributed by atoms with Gasteiger partial charge in [-0.2, -0.15) is 0 Å². The van der Waals surface area contributed by atoms with E-state index in [0.717, 1.165) is 12.8 Å². The van der Waals surface area contributed by atoms with Gasteiger partial charge in [0, 0.05) is 11.4 Å². The van der Waals surface area contributed by atoms with Gasteiger partial charge in [-0.1, -0.05) is 13.3 Å². The molecule has 2 unspecified atom stereocenters. The van der Waals surface area contributed by atoms with Gasteiger partial charge in [0.05, 0.1) is 11.0 Å². The van der Waals surface area contributed by atoms with Crippen molar-refractivity contribution >= 4 is 23.2 Å². The van der Waals surface area contributed by atoms with Gasteiger partial charge < -0.3 is 15.2 Å². The van der Waals surface area contributed by atoms with Crippen LogP contribution in [0.3, 0.4) is 0 Å². The Hall–Kier alpha value is -1.40. The van der Waals surface area contributed by atoms with Crippen LogP contribution in [0.4, 0.5) is 0 Å². The van der Waals surface area contributed by atoms with E-state index in [2.05, 4.69) is 12.2 Å². The number of hydrogen-bond acceptors (Lipinski definition) is 4. The normalized spacial score (nSPS) is 21.4. The number of ether oxygens (including phenoxy) is 1. The van der Waals surface area contributed by atoms with Crippen molar-refractivity contribution in [3.05, 3.63) is 21.4 Å². The van der Waals surface area contributed by atoms with Gasteiger partial charge in [0.1, 0.15) is 0 Å². The second kappa shape index (κ2) is 7.04. The molecular weight excluding hydrogens is 290 g/mol. The molecule has 2 N–H and O–H groups in total. The van der Waals surface area contributed by atoms with Gasteiger partial charge in [-0.25, -0.2) is 4.79 Å². The monoisotopic (exact) mass is 311 g/mol. The van der Waals surface area contributed by atoms with Crippen molar-refractivity contribution in [1.82, 2.24) is 5.32 Å². The highest BCUT2D eigenvalue weighted by Gasteiger charge is 2.30. The fourth-order valence-electron chi connectivity index (χ4n) is 2.48. The van der Waals surface area contributed by atoms with Gasteiger partial charge in [-0.15, -0.1) is 11.3 Å². The first-order valence-electron chi connectivity index (χ1n) is 7.27. The molecule has 21 heavy (non-hydrogen) atoms. The highest BCUT2D eigenvalue weighted by Crippen LogP contribution is 2.23. The standard InChI is InChI=1S/C15H21NO4S/c1-3-4-10-7-13(21-9(10)2)14(17)16-8-11-5-6-12(20-11)15(18)19/h7,11-12H,3-6,8H2,1-2H3,(H,16,17)(H,18,19). The summed E-state index contributed by atoms with van der Waals surface area (Å²) in [5.74, 6) is -1.03. The summed E-state index contributed by atoms with van der Waals surface area (Å²) < 4.78 is 5.37. The van der Waals surface area contributed by atoms with Crippen LogP contribution < -0.4 is 5.32 Å². The predicted molar refractivity (Wildman–Crippen MR) is 80.9 cm³/mol.